The molecule has 21 heteroatoms. The van der Waals surface area contributed by atoms with Gasteiger partial charge in [-0.05, 0) is 122 Å². The van der Waals surface area contributed by atoms with Crippen LogP contribution in [0, 0.1) is 52.4 Å². The van der Waals surface area contributed by atoms with E-state index in [0.29, 0.717) is 41.5 Å². The summed E-state index contributed by atoms with van der Waals surface area (Å²) >= 11 is 0. The number of aliphatic carboxylic acids is 1. The summed E-state index contributed by atoms with van der Waals surface area (Å²) in [6.07, 6.45) is 6.54. The number of anilines is 3. The van der Waals surface area contributed by atoms with Gasteiger partial charge < -0.3 is 39.1 Å². The van der Waals surface area contributed by atoms with E-state index in [1.807, 2.05) is 9.80 Å². The number of carbonyl (C=O) groups is 2. The monoisotopic (exact) mass is 1110 g/mol. The highest BCUT2D eigenvalue weighted by Crippen LogP contribution is 2.32. The van der Waals surface area contributed by atoms with Gasteiger partial charge >= 0.3 is 17.2 Å². The average Bonchev–Trinajstić information content (AvgIpc) is 3.44. The second-order valence-electron chi connectivity index (χ2n) is 19.0. The topological polar surface area (TPSA) is 157 Å². The first-order valence-electron chi connectivity index (χ1n) is 25.4. The van der Waals surface area contributed by atoms with E-state index >= 15 is 0 Å². The number of rotatable bonds is 8. The molecule has 0 amide bonds. The summed E-state index contributed by atoms with van der Waals surface area (Å²) in [5.41, 5.74) is 0.330. The summed E-state index contributed by atoms with van der Waals surface area (Å²) in [6.45, 7) is 6.41. The zero-order valence-electron chi connectivity index (χ0n) is 42.6. The molecule has 0 radical (unpaired) electrons. The minimum Gasteiger partial charge on any atom is -0.507 e. The van der Waals surface area contributed by atoms with Gasteiger partial charge in [0.25, 0.3) is 0 Å². The molecule has 418 valence electrons. The van der Waals surface area contributed by atoms with Crippen LogP contribution in [0.2, 0.25) is 0 Å². The predicted octanol–water partition coefficient (Wildman–Crippen LogP) is 12.1. The molecule has 3 N–H and O–H groups in total. The Morgan fingerprint density at radius 3 is 1.25 bits per heavy atom. The summed E-state index contributed by atoms with van der Waals surface area (Å²) in [6, 6.07) is 19.5. The Balaban J connectivity index is 0.000000147. The van der Waals surface area contributed by atoms with Crippen molar-refractivity contribution in [1.29, 1.82) is 0 Å². The fourth-order valence-electron chi connectivity index (χ4n) is 9.51. The second-order valence-corrected chi connectivity index (χ2v) is 19.0. The molecule has 3 aliphatic heterocycles. The minimum absolute atomic E-state index is 0.00346. The number of nitrogens with zero attached hydrogens (tertiary/aromatic N) is 3. The van der Waals surface area contributed by atoms with Crippen molar-refractivity contribution in [3.05, 3.63) is 187 Å². The number of benzene rings is 6. The second kappa shape index (κ2) is 25.9. The van der Waals surface area contributed by atoms with Crippen LogP contribution in [0.1, 0.15) is 54.4 Å². The Kier molecular flexibility index (Phi) is 18.7. The van der Waals surface area contributed by atoms with Crippen molar-refractivity contribution in [3.63, 3.8) is 0 Å². The third-order valence-corrected chi connectivity index (χ3v) is 13.3. The molecule has 6 aromatic carbocycles. The molecular formula is C59H51F9N4O8. The van der Waals surface area contributed by atoms with Gasteiger partial charge in [0.15, 0.2) is 6.29 Å². The summed E-state index contributed by atoms with van der Waals surface area (Å²) in [7, 11) is 0. The highest BCUT2D eigenvalue weighted by molar-refractivity contribution is 5.87. The van der Waals surface area contributed by atoms with Crippen LogP contribution in [0.15, 0.2) is 122 Å². The van der Waals surface area contributed by atoms with Gasteiger partial charge in [-0.1, -0.05) is 0 Å². The average molecular weight is 1120 g/mol. The first-order chi connectivity index (χ1) is 38.3. The van der Waals surface area contributed by atoms with E-state index in [9.17, 15) is 63.8 Å². The van der Waals surface area contributed by atoms with Crippen LogP contribution in [0.5, 0.6) is 5.75 Å². The highest BCUT2D eigenvalue weighted by atomic mass is 19.2. The summed E-state index contributed by atoms with van der Waals surface area (Å²) in [5.74, 6) is -7.95. The smallest absolute Gasteiger partial charge is 0.344 e. The van der Waals surface area contributed by atoms with Crippen molar-refractivity contribution >= 4 is 51.3 Å². The molecule has 0 atom stereocenters. The van der Waals surface area contributed by atoms with Crippen LogP contribution in [0.25, 0.3) is 44.2 Å². The third kappa shape index (κ3) is 14.6. The number of aldehydes is 1. The number of piperazine rings is 1. The number of hydrogen-bond acceptors (Lipinski definition) is 11. The zero-order valence-corrected chi connectivity index (χ0v) is 42.6. The zero-order chi connectivity index (χ0) is 57.2. The molecule has 0 unspecified atom stereocenters. The number of phenolic OH excluding ortho intramolecular Hbond substituents is 1. The maximum absolute atomic E-state index is 14.7. The maximum atomic E-state index is 14.7. The van der Waals surface area contributed by atoms with Crippen molar-refractivity contribution in [2.24, 2.45) is 0 Å². The van der Waals surface area contributed by atoms with E-state index in [2.05, 4.69) is 10.2 Å². The predicted molar refractivity (Wildman–Crippen MR) is 284 cm³/mol. The third-order valence-electron chi connectivity index (χ3n) is 13.3. The molecule has 3 fully saturated rings. The van der Waals surface area contributed by atoms with Gasteiger partial charge in [0.05, 0.1) is 33.9 Å². The Bertz CT molecular complexity index is 3440. The van der Waals surface area contributed by atoms with Crippen molar-refractivity contribution < 1.29 is 68.2 Å². The first-order valence-corrected chi connectivity index (χ1v) is 25.4. The molecule has 8 aromatic rings. The number of carboxylic acids is 1. The van der Waals surface area contributed by atoms with E-state index in [0.717, 1.165) is 121 Å². The minimum atomic E-state index is -1.11. The number of piperidine rings is 2. The molecule has 0 spiro atoms. The summed E-state index contributed by atoms with van der Waals surface area (Å²) in [5, 5.41) is 21.2. The first kappa shape index (κ1) is 57.6. The van der Waals surface area contributed by atoms with Crippen LogP contribution in [0.4, 0.5) is 56.6 Å². The SMILES string of the molecule is O=C(O)Cc1cc(F)cc(F)c1.O=Cc1c(O)cc(N2CCCCC2)cc1F.O=c1oc2cc(N3CCCCC3)cc(F)c2cc1-c1cc(F)cc(F)c1.O=c1oc2cc(N3CCNCC3)cc(F)c2cc1-c1cc(F)cc(F)c1. The van der Waals surface area contributed by atoms with Crippen molar-refractivity contribution in [1.82, 2.24) is 5.32 Å². The van der Waals surface area contributed by atoms with E-state index in [-0.39, 0.29) is 67.5 Å². The van der Waals surface area contributed by atoms with E-state index in [1.54, 1.807) is 12.1 Å². The molecule has 0 saturated carbocycles. The Morgan fingerprint density at radius 1 is 0.487 bits per heavy atom. The molecule has 11 rings (SSSR count). The lowest BCUT2D eigenvalue weighted by Crippen LogP contribution is -2.43. The van der Waals surface area contributed by atoms with Gasteiger partial charge in [-0.2, -0.15) is 0 Å². The Morgan fingerprint density at radius 2 is 0.863 bits per heavy atom. The maximum Gasteiger partial charge on any atom is 0.344 e. The number of aromatic hydroxyl groups is 1. The Labute approximate surface area is 450 Å². The number of phenols is 1. The van der Waals surface area contributed by atoms with Crippen LogP contribution >= 0.6 is 0 Å². The van der Waals surface area contributed by atoms with Crippen molar-refractivity contribution in [2.45, 2.75) is 44.9 Å². The van der Waals surface area contributed by atoms with E-state index in [4.69, 9.17) is 13.9 Å². The quantitative estimate of drug-likeness (QED) is 0.0753. The number of hydrogen-bond donors (Lipinski definition) is 3. The van der Waals surface area contributed by atoms with Crippen LogP contribution in [-0.2, 0) is 11.2 Å². The van der Waals surface area contributed by atoms with Gasteiger partial charge in [0.1, 0.15) is 69.3 Å². The van der Waals surface area contributed by atoms with Gasteiger partial charge in [-0.15, -0.1) is 0 Å². The largest absolute Gasteiger partial charge is 0.507 e. The summed E-state index contributed by atoms with van der Waals surface area (Å²) < 4.78 is 132. The number of carboxylic acid groups (broad SMARTS) is 1. The van der Waals surface area contributed by atoms with Gasteiger partial charge in [-0.3, -0.25) is 9.59 Å². The molecule has 5 heterocycles. The van der Waals surface area contributed by atoms with Crippen LogP contribution in [0.3, 0.4) is 0 Å². The lowest BCUT2D eigenvalue weighted by Gasteiger charge is -2.29. The molecule has 0 bridgehead atoms. The van der Waals surface area contributed by atoms with Gasteiger partial charge in [0, 0.05) is 106 Å². The van der Waals surface area contributed by atoms with E-state index in [1.165, 1.54) is 42.8 Å². The lowest BCUT2D eigenvalue weighted by molar-refractivity contribution is -0.136. The molecule has 3 saturated heterocycles. The van der Waals surface area contributed by atoms with Crippen molar-refractivity contribution in [3.8, 4) is 28.0 Å². The van der Waals surface area contributed by atoms with Crippen molar-refractivity contribution in [2.75, 3.05) is 67.1 Å². The number of carbonyl (C=O) groups excluding carboxylic acids is 1. The number of nitrogens with one attached hydrogen (secondary N) is 1. The number of fused-ring (bicyclic) bond motifs is 2. The Hall–Kier alpha value is -8.59. The normalized spacial score (nSPS) is 14.3. The lowest BCUT2D eigenvalue weighted by atomic mass is 10.0. The van der Waals surface area contributed by atoms with Gasteiger partial charge in [0.2, 0.25) is 0 Å². The molecule has 80 heavy (non-hydrogen) atoms. The summed E-state index contributed by atoms with van der Waals surface area (Å²) in [4.78, 5) is 51.4. The van der Waals surface area contributed by atoms with Crippen LogP contribution in [-0.4, -0.2) is 74.8 Å². The molecular weight excluding hydrogens is 1060 g/mol. The molecule has 2 aromatic heterocycles. The fourth-order valence-corrected chi connectivity index (χ4v) is 9.51. The standard InChI is InChI=1S/C20H16F3NO2.C19H15F3N2O2.C12H14FNO2.C8H6F2O2/c21-13-6-12(7-14(22)8-13)16-11-17-18(23)9-15(10-19(17)26-20(16)25)24-4-2-1-3-5-24;20-12-5-11(6-13(21)7-12)15-10-16-17(22)8-14(9-18(16)26-19(15)25)24-3-1-23-2-4-24;13-11-6-9(7-12(16)10(11)8-15)14-4-2-1-3-5-14;9-6-1-5(3-8(11)12)2-7(10)4-6/h6-11H,1-5H2;5-10,23H,1-4H2;6-8,16H,1-5H2;1-2,4H,3H2,(H,11,12). The number of halogens is 9. The van der Waals surface area contributed by atoms with Crippen LogP contribution < -0.4 is 31.3 Å². The molecule has 0 aliphatic carbocycles. The highest BCUT2D eigenvalue weighted by Gasteiger charge is 2.21. The van der Waals surface area contributed by atoms with E-state index < -0.39 is 69.6 Å². The molecule has 3 aliphatic rings. The fraction of sp³-hybridized carbons (Fsp3) is 0.254. The molecule has 12 nitrogen and oxygen atoms in total. The van der Waals surface area contributed by atoms with Gasteiger partial charge in [-0.25, -0.2) is 49.1 Å².